The number of non-ortho nitro benzene ring substituents is 1. The molecule has 0 aliphatic carbocycles. The molecule has 0 bridgehead atoms. The number of nitrogens with zero attached hydrogens (tertiary/aromatic N) is 3. The molecule has 0 aliphatic heterocycles. The van der Waals surface area contributed by atoms with Crippen LogP contribution >= 0.6 is 11.6 Å². The number of halogens is 1. The molecule has 2 rings (SSSR count). The molecule has 11 heteroatoms. The standard InChI is InChI=1S/C20H19ClN4O6/c1-3-31-20(26)13(2)16(19(21)14-7-5-4-6-8-14)12-22-23-17-10-9-15(24(27)28)11-18(17)25(29)30/h4-13,23H,3H2,1-2H3/b19-16+,22-12+. The van der Waals surface area contributed by atoms with Crippen LogP contribution in [0.3, 0.4) is 0 Å². The van der Waals surface area contributed by atoms with Crippen molar-refractivity contribution in [1.82, 2.24) is 0 Å². The van der Waals surface area contributed by atoms with Crippen molar-refractivity contribution in [2.24, 2.45) is 11.0 Å². The lowest BCUT2D eigenvalue weighted by molar-refractivity contribution is -0.393. The van der Waals surface area contributed by atoms with Crippen molar-refractivity contribution in [2.45, 2.75) is 13.8 Å². The monoisotopic (exact) mass is 446 g/mol. The van der Waals surface area contributed by atoms with Gasteiger partial charge in [-0.05, 0) is 25.5 Å². The minimum atomic E-state index is -0.773. The van der Waals surface area contributed by atoms with Gasteiger partial charge >= 0.3 is 11.7 Å². The van der Waals surface area contributed by atoms with Crippen molar-refractivity contribution < 1.29 is 19.4 Å². The minimum absolute atomic E-state index is 0.0641. The smallest absolute Gasteiger partial charge is 0.313 e. The van der Waals surface area contributed by atoms with E-state index in [1.54, 1.807) is 38.1 Å². The fourth-order valence-corrected chi connectivity index (χ4v) is 2.89. The molecule has 0 radical (unpaired) electrons. The third-order valence-corrected chi connectivity index (χ3v) is 4.60. The summed E-state index contributed by atoms with van der Waals surface area (Å²) in [4.78, 5) is 32.9. The number of carbonyl (C=O) groups is 1. The topological polar surface area (TPSA) is 137 Å². The first-order valence-corrected chi connectivity index (χ1v) is 9.47. The van der Waals surface area contributed by atoms with Crippen molar-refractivity contribution in [2.75, 3.05) is 12.0 Å². The molecule has 0 aromatic heterocycles. The summed E-state index contributed by atoms with van der Waals surface area (Å²) in [6.45, 7) is 3.46. The molecular weight excluding hydrogens is 428 g/mol. The van der Waals surface area contributed by atoms with Gasteiger partial charge < -0.3 is 4.74 Å². The molecule has 1 unspecified atom stereocenters. The number of carbonyl (C=O) groups excluding carboxylic acids is 1. The first-order valence-electron chi connectivity index (χ1n) is 9.09. The van der Waals surface area contributed by atoms with Gasteiger partial charge in [0.25, 0.3) is 5.69 Å². The summed E-state index contributed by atoms with van der Waals surface area (Å²) in [7, 11) is 0. The molecule has 10 nitrogen and oxygen atoms in total. The zero-order valence-electron chi connectivity index (χ0n) is 16.6. The van der Waals surface area contributed by atoms with E-state index >= 15 is 0 Å². The molecule has 0 spiro atoms. The van der Waals surface area contributed by atoms with Gasteiger partial charge in [-0.3, -0.25) is 30.4 Å². The van der Waals surface area contributed by atoms with E-state index in [9.17, 15) is 25.0 Å². The summed E-state index contributed by atoms with van der Waals surface area (Å²) >= 11 is 6.50. The number of nitrogens with one attached hydrogen (secondary N) is 1. The number of nitro groups is 2. The lowest BCUT2D eigenvalue weighted by Crippen LogP contribution is -2.18. The second-order valence-electron chi connectivity index (χ2n) is 6.19. The maximum atomic E-state index is 12.2. The fraction of sp³-hybridized carbons (Fsp3) is 0.200. The Morgan fingerprint density at radius 1 is 1.19 bits per heavy atom. The summed E-state index contributed by atoms with van der Waals surface area (Å²) < 4.78 is 5.05. The Hall–Kier alpha value is -3.79. The van der Waals surface area contributed by atoms with E-state index in [1.807, 2.05) is 6.07 Å². The van der Waals surface area contributed by atoms with Gasteiger partial charge in [-0.25, -0.2) is 0 Å². The molecule has 162 valence electrons. The maximum absolute atomic E-state index is 12.2. The predicted molar refractivity (Wildman–Crippen MR) is 117 cm³/mol. The van der Waals surface area contributed by atoms with Crippen LogP contribution < -0.4 is 5.43 Å². The van der Waals surface area contributed by atoms with Crippen molar-refractivity contribution in [3.8, 4) is 0 Å². The number of esters is 1. The minimum Gasteiger partial charge on any atom is -0.466 e. The van der Waals surface area contributed by atoms with Crippen molar-refractivity contribution in [3.05, 3.63) is 79.9 Å². The van der Waals surface area contributed by atoms with Gasteiger partial charge in [0.2, 0.25) is 0 Å². The van der Waals surface area contributed by atoms with E-state index in [2.05, 4.69) is 10.5 Å². The SMILES string of the molecule is CCOC(=O)C(C)C(/C=N/Nc1ccc([N+](=O)[O-])cc1[N+](=O)[O-])=C(/Cl)c1ccccc1. The van der Waals surface area contributed by atoms with Gasteiger partial charge in [-0.15, -0.1) is 0 Å². The highest BCUT2D eigenvalue weighted by atomic mass is 35.5. The number of nitro benzene ring substituents is 2. The van der Waals surface area contributed by atoms with Gasteiger partial charge in [0.15, 0.2) is 0 Å². The molecule has 0 amide bonds. The van der Waals surface area contributed by atoms with Crippen LogP contribution in [0.25, 0.3) is 5.03 Å². The van der Waals surface area contributed by atoms with E-state index in [0.717, 1.165) is 12.1 Å². The van der Waals surface area contributed by atoms with E-state index in [-0.39, 0.29) is 17.3 Å². The summed E-state index contributed by atoms with van der Waals surface area (Å²) in [5, 5.41) is 26.3. The Balaban J connectivity index is 2.41. The van der Waals surface area contributed by atoms with Gasteiger partial charge in [0.1, 0.15) is 5.69 Å². The third-order valence-electron chi connectivity index (χ3n) is 4.16. The highest BCUT2D eigenvalue weighted by Gasteiger charge is 2.22. The Morgan fingerprint density at radius 3 is 2.45 bits per heavy atom. The molecule has 0 aliphatic rings. The largest absolute Gasteiger partial charge is 0.466 e. The first-order chi connectivity index (χ1) is 14.8. The van der Waals surface area contributed by atoms with Crippen LogP contribution in [0.15, 0.2) is 59.2 Å². The molecule has 0 heterocycles. The Morgan fingerprint density at radius 2 is 1.87 bits per heavy atom. The zero-order chi connectivity index (χ0) is 23.0. The fourth-order valence-electron chi connectivity index (χ4n) is 2.55. The number of benzene rings is 2. The highest BCUT2D eigenvalue weighted by molar-refractivity contribution is 6.50. The number of anilines is 1. The maximum Gasteiger partial charge on any atom is 0.313 e. The van der Waals surface area contributed by atoms with Gasteiger partial charge in [0, 0.05) is 11.6 Å². The Kier molecular flexibility index (Phi) is 8.21. The molecule has 0 saturated heterocycles. The van der Waals surface area contributed by atoms with E-state index < -0.39 is 33.1 Å². The molecule has 1 atom stereocenters. The van der Waals surface area contributed by atoms with Crippen LogP contribution in [0, 0.1) is 26.1 Å². The molecule has 0 saturated carbocycles. The Bertz CT molecular complexity index is 1040. The molecule has 2 aromatic rings. The quantitative estimate of drug-likeness (QED) is 0.254. The molecule has 31 heavy (non-hydrogen) atoms. The summed E-state index contributed by atoms with van der Waals surface area (Å²) in [5.74, 6) is -1.29. The van der Waals surface area contributed by atoms with Crippen molar-refractivity contribution >= 4 is 45.9 Å². The lowest BCUT2D eigenvalue weighted by atomic mass is 9.99. The summed E-state index contributed by atoms with van der Waals surface area (Å²) in [6, 6.07) is 12.0. The van der Waals surface area contributed by atoms with Crippen LogP contribution in [0.5, 0.6) is 0 Å². The van der Waals surface area contributed by atoms with Gasteiger partial charge in [-0.1, -0.05) is 41.9 Å². The summed E-state index contributed by atoms with van der Waals surface area (Å²) in [6.07, 6.45) is 1.27. The number of hydrogen-bond acceptors (Lipinski definition) is 8. The van der Waals surface area contributed by atoms with E-state index in [1.165, 1.54) is 12.3 Å². The average molecular weight is 447 g/mol. The average Bonchev–Trinajstić information content (AvgIpc) is 2.76. The number of hydrazone groups is 1. The molecule has 2 aromatic carbocycles. The molecule has 0 fully saturated rings. The molecular formula is C20H19ClN4O6. The highest BCUT2D eigenvalue weighted by Crippen LogP contribution is 2.30. The van der Waals surface area contributed by atoms with Crippen LogP contribution in [-0.2, 0) is 9.53 Å². The number of rotatable bonds is 9. The Labute approximate surface area is 182 Å². The number of ether oxygens (including phenoxy) is 1. The second-order valence-corrected chi connectivity index (χ2v) is 6.57. The van der Waals surface area contributed by atoms with Crippen molar-refractivity contribution in [3.63, 3.8) is 0 Å². The van der Waals surface area contributed by atoms with Crippen LogP contribution in [-0.4, -0.2) is 28.6 Å². The van der Waals surface area contributed by atoms with Crippen molar-refractivity contribution in [1.29, 1.82) is 0 Å². The van der Waals surface area contributed by atoms with Crippen LogP contribution in [0.4, 0.5) is 17.1 Å². The number of hydrogen-bond donors (Lipinski definition) is 1. The van der Waals surface area contributed by atoms with Gasteiger partial charge in [-0.2, -0.15) is 5.10 Å². The van der Waals surface area contributed by atoms with Gasteiger partial charge in [0.05, 0.1) is 39.7 Å². The second kappa shape index (κ2) is 10.8. The first kappa shape index (κ1) is 23.5. The summed E-state index contributed by atoms with van der Waals surface area (Å²) in [5.41, 5.74) is 2.43. The predicted octanol–water partition coefficient (Wildman–Crippen LogP) is 4.75. The zero-order valence-corrected chi connectivity index (χ0v) is 17.4. The van der Waals surface area contributed by atoms with Crippen LogP contribution in [0.2, 0.25) is 0 Å². The molecule has 1 N–H and O–H groups in total. The van der Waals surface area contributed by atoms with Crippen LogP contribution in [0.1, 0.15) is 19.4 Å². The van der Waals surface area contributed by atoms with E-state index in [4.69, 9.17) is 16.3 Å². The third kappa shape index (κ3) is 6.09. The lowest BCUT2D eigenvalue weighted by Gasteiger charge is -2.14. The van der Waals surface area contributed by atoms with E-state index in [0.29, 0.717) is 11.1 Å². The normalized spacial score (nSPS) is 12.7.